The zero-order valence-electron chi connectivity index (χ0n) is 11.9. The normalized spacial score (nSPS) is 12.0. The first-order chi connectivity index (χ1) is 10.5. The largest absolute Gasteiger partial charge is 0.416 e. The third kappa shape index (κ3) is 2.68. The lowest BCUT2D eigenvalue weighted by Crippen LogP contribution is -2.06. The zero-order valence-corrected chi connectivity index (χ0v) is 11.9. The Kier molecular flexibility index (Phi) is 3.60. The van der Waals surface area contributed by atoms with Gasteiger partial charge in [-0.1, -0.05) is 12.1 Å². The Morgan fingerprint density at radius 2 is 1.82 bits per heavy atom. The van der Waals surface area contributed by atoms with E-state index in [1.165, 1.54) is 12.1 Å². The molecule has 3 nitrogen and oxygen atoms in total. The molecule has 0 saturated heterocycles. The molecule has 0 radical (unpaired) electrons. The van der Waals surface area contributed by atoms with Gasteiger partial charge in [-0.3, -0.25) is 0 Å². The number of alkyl halides is 3. The minimum absolute atomic E-state index is 0.475. The van der Waals surface area contributed by atoms with Gasteiger partial charge in [-0.25, -0.2) is 9.97 Å². The van der Waals surface area contributed by atoms with E-state index in [0.717, 1.165) is 34.7 Å². The molecular formula is C16H14F3N3. The molecule has 0 N–H and O–H groups in total. The molecular weight excluding hydrogens is 291 g/mol. The number of aromatic nitrogens is 3. The van der Waals surface area contributed by atoms with Crippen molar-refractivity contribution in [3.63, 3.8) is 0 Å². The van der Waals surface area contributed by atoms with E-state index >= 15 is 0 Å². The molecule has 22 heavy (non-hydrogen) atoms. The van der Waals surface area contributed by atoms with E-state index < -0.39 is 11.7 Å². The number of fused-ring (bicyclic) bond motifs is 1. The molecule has 0 atom stereocenters. The van der Waals surface area contributed by atoms with E-state index in [9.17, 15) is 13.2 Å². The Labute approximate surface area is 125 Å². The predicted octanol–water partition coefficient (Wildman–Crippen LogP) is 4.06. The fourth-order valence-corrected chi connectivity index (χ4v) is 2.47. The van der Waals surface area contributed by atoms with Gasteiger partial charge in [-0.15, -0.1) is 0 Å². The van der Waals surface area contributed by atoms with Gasteiger partial charge in [-0.2, -0.15) is 13.2 Å². The molecule has 3 rings (SSSR count). The second-order valence-electron chi connectivity index (χ2n) is 4.99. The Morgan fingerprint density at radius 3 is 2.45 bits per heavy atom. The minimum atomic E-state index is -4.31. The van der Waals surface area contributed by atoms with Crippen molar-refractivity contribution >= 4 is 11.2 Å². The van der Waals surface area contributed by atoms with E-state index in [2.05, 4.69) is 9.97 Å². The van der Waals surface area contributed by atoms with Gasteiger partial charge in [0.1, 0.15) is 11.3 Å². The standard InChI is InChI=1S/C16H14F3N3/c1-2-22-14(21-13-4-3-9-20-15(13)22)10-11-5-7-12(8-6-11)16(17,18)19/h3-9H,2,10H2,1H3. The van der Waals surface area contributed by atoms with Gasteiger partial charge in [0, 0.05) is 19.2 Å². The first-order valence-corrected chi connectivity index (χ1v) is 6.95. The maximum absolute atomic E-state index is 12.6. The van der Waals surface area contributed by atoms with Crippen LogP contribution in [0.1, 0.15) is 23.9 Å². The summed E-state index contributed by atoms with van der Waals surface area (Å²) < 4.78 is 39.7. The summed E-state index contributed by atoms with van der Waals surface area (Å²) in [5.74, 6) is 0.802. The molecule has 2 aromatic heterocycles. The lowest BCUT2D eigenvalue weighted by molar-refractivity contribution is -0.137. The van der Waals surface area contributed by atoms with Gasteiger partial charge < -0.3 is 4.57 Å². The third-order valence-electron chi connectivity index (χ3n) is 3.54. The van der Waals surface area contributed by atoms with Crippen molar-refractivity contribution in [1.29, 1.82) is 0 Å². The highest BCUT2D eigenvalue weighted by atomic mass is 19.4. The van der Waals surface area contributed by atoms with Crippen molar-refractivity contribution in [2.24, 2.45) is 0 Å². The van der Waals surface area contributed by atoms with Crippen molar-refractivity contribution < 1.29 is 13.2 Å². The van der Waals surface area contributed by atoms with Crippen molar-refractivity contribution in [2.45, 2.75) is 26.1 Å². The van der Waals surface area contributed by atoms with Crippen LogP contribution >= 0.6 is 0 Å². The summed E-state index contributed by atoms with van der Waals surface area (Å²) in [7, 11) is 0. The van der Waals surface area contributed by atoms with Crippen molar-refractivity contribution in [3.8, 4) is 0 Å². The Morgan fingerprint density at radius 1 is 1.09 bits per heavy atom. The molecule has 6 heteroatoms. The summed E-state index contributed by atoms with van der Waals surface area (Å²) in [6.07, 6.45) is -2.13. The summed E-state index contributed by atoms with van der Waals surface area (Å²) in [4.78, 5) is 8.84. The molecule has 0 unspecified atom stereocenters. The van der Waals surface area contributed by atoms with E-state index in [1.807, 2.05) is 23.6 Å². The lowest BCUT2D eigenvalue weighted by atomic mass is 10.1. The van der Waals surface area contributed by atoms with E-state index in [0.29, 0.717) is 13.0 Å². The minimum Gasteiger partial charge on any atom is -0.313 e. The van der Waals surface area contributed by atoms with Crippen LogP contribution in [0.25, 0.3) is 11.2 Å². The highest BCUT2D eigenvalue weighted by molar-refractivity contribution is 5.71. The average Bonchev–Trinajstić information content (AvgIpc) is 2.84. The number of imidazole rings is 1. The lowest BCUT2D eigenvalue weighted by Gasteiger charge is -2.08. The van der Waals surface area contributed by atoms with Crippen molar-refractivity contribution in [1.82, 2.24) is 14.5 Å². The van der Waals surface area contributed by atoms with E-state index in [4.69, 9.17) is 0 Å². The van der Waals surface area contributed by atoms with E-state index in [1.54, 1.807) is 6.20 Å². The number of aryl methyl sites for hydroxylation is 1. The highest BCUT2D eigenvalue weighted by Crippen LogP contribution is 2.29. The summed E-state index contributed by atoms with van der Waals surface area (Å²) in [6.45, 7) is 2.70. The van der Waals surface area contributed by atoms with Crippen LogP contribution in [0.4, 0.5) is 13.2 Å². The summed E-state index contributed by atoms with van der Waals surface area (Å²) in [6, 6.07) is 8.90. The zero-order chi connectivity index (χ0) is 15.7. The SMILES string of the molecule is CCn1c(Cc2ccc(C(F)(F)F)cc2)nc2cccnc21. The van der Waals surface area contributed by atoms with Crippen LogP contribution in [0.3, 0.4) is 0 Å². The number of pyridine rings is 1. The Bertz CT molecular complexity index is 788. The van der Waals surface area contributed by atoms with Gasteiger partial charge >= 0.3 is 6.18 Å². The van der Waals surface area contributed by atoms with Crippen LogP contribution < -0.4 is 0 Å². The first kappa shape index (κ1) is 14.6. The number of rotatable bonds is 3. The highest BCUT2D eigenvalue weighted by Gasteiger charge is 2.29. The Hall–Kier alpha value is -2.37. The molecule has 0 aliphatic heterocycles. The molecule has 3 aromatic rings. The monoisotopic (exact) mass is 305 g/mol. The van der Waals surface area contributed by atoms with Gasteiger partial charge in [0.2, 0.25) is 0 Å². The topological polar surface area (TPSA) is 30.7 Å². The Balaban J connectivity index is 1.93. The number of benzene rings is 1. The number of nitrogens with zero attached hydrogens (tertiary/aromatic N) is 3. The van der Waals surface area contributed by atoms with Crippen LogP contribution in [0.2, 0.25) is 0 Å². The van der Waals surface area contributed by atoms with Gasteiger partial charge in [0.25, 0.3) is 0 Å². The van der Waals surface area contributed by atoms with Gasteiger partial charge in [0.05, 0.1) is 5.56 Å². The summed E-state index contributed by atoms with van der Waals surface area (Å²) >= 11 is 0. The molecule has 0 saturated carbocycles. The molecule has 0 fully saturated rings. The molecule has 0 bridgehead atoms. The number of halogens is 3. The van der Waals surface area contributed by atoms with Crippen molar-refractivity contribution in [3.05, 3.63) is 59.5 Å². The third-order valence-corrected chi connectivity index (χ3v) is 3.54. The first-order valence-electron chi connectivity index (χ1n) is 6.95. The van der Waals surface area contributed by atoms with Crippen molar-refractivity contribution in [2.75, 3.05) is 0 Å². The molecule has 2 heterocycles. The van der Waals surface area contributed by atoms with Crippen LogP contribution in [-0.2, 0) is 19.1 Å². The van der Waals surface area contributed by atoms with Crippen LogP contribution in [0.15, 0.2) is 42.6 Å². The fraction of sp³-hybridized carbons (Fsp3) is 0.250. The fourth-order valence-electron chi connectivity index (χ4n) is 2.47. The molecule has 0 spiro atoms. The smallest absolute Gasteiger partial charge is 0.313 e. The molecule has 0 amide bonds. The number of hydrogen-bond acceptors (Lipinski definition) is 2. The van der Waals surface area contributed by atoms with E-state index in [-0.39, 0.29) is 0 Å². The average molecular weight is 305 g/mol. The van der Waals surface area contributed by atoms with Gasteiger partial charge in [-0.05, 0) is 36.8 Å². The molecule has 1 aromatic carbocycles. The number of hydrogen-bond donors (Lipinski definition) is 0. The molecule has 114 valence electrons. The molecule has 0 aliphatic carbocycles. The second-order valence-corrected chi connectivity index (χ2v) is 4.99. The summed E-state index contributed by atoms with van der Waals surface area (Å²) in [5.41, 5.74) is 1.75. The predicted molar refractivity (Wildman–Crippen MR) is 77.5 cm³/mol. The van der Waals surface area contributed by atoms with Crippen LogP contribution in [0, 0.1) is 0 Å². The van der Waals surface area contributed by atoms with Crippen LogP contribution in [-0.4, -0.2) is 14.5 Å². The quantitative estimate of drug-likeness (QED) is 0.730. The summed E-state index contributed by atoms with van der Waals surface area (Å²) in [5, 5.41) is 0. The van der Waals surface area contributed by atoms with Gasteiger partial charge in [0.15, 0.2) is 5.65 Å². The second kappa shape index (κ2) is 5.44. The maximum atomic E-state index is 12.6. The van der Waals surface area contributed by atoms with Crippen LogP contribution in [0.5, 0.6) is 0 Å². The maximum Gasteiger partial charge on any atom is 0.416 e. The molecule has 0 aliphatic rings.